The number of carbonyl (C=O) groups is 2. The lowest BCUT2D eigenvalue weighted by Crippen LogP contribution is -2.42. The van der Waals surface area contributed by atoms with Crippen molar-refractivity contribution < 1.29 is 33.3 Å². The molecule has 168 valence electrons. The predicted octanol–water partition coefficient (Wildman–Crippen LogP) is 2.35. The van der Waals surface area contributed by atoms with Crippen molar-refractivity contribution in [2.75, 3.05) is 30.5 Å². The number of halogens is 1. The van der Waals surface area contributed by atoms with E-state index in [1.807, 2.05) is 0 Å². The van der Waals surface area contributed by atoms with Crippen molar-refractivity contribution in [3.8, 4) is 0 Å². The van der Waals surface area contributed by atoms with E-state index in [2.05, 4.69) is 4.98 Å². The fourth-order valence-electron chi connectivity index (χ4n) is 2.34. The first-order chi connectivity index (χ1) is 14.1. The van der Waals surface area contributed by atoms with Gasteiger partial charge in [-0.05, 0) is 11.8 Å². The van der Waals surface area contributed by atoms with Crippen LogP contribution in [0.25, 0.3) is 0 Å². The Labute approximate surface area is 177 Å². The highest BCUT2D eigenvalue weighted by atomic mass is 32.2. The minimum Gasteiger partial charge on any atom is -0.448 e. The standard InChI is InChI=1S/C18H26FN3O7S/c1-10(2)7-27-17(25)22(18(26)28-8-11(3)4)15-12(19)5-21(16(24)20-15)13-9-30-14(6-23)29-13/h5,10-11,13-14,23H,6-9H2,1-4H3/t13-,14+/m0/s1. The lowest BCUT2D eigenvalue weighted by molar-refractivity contribution is -0.00680. The normalized spacial score (nSPS) is 18.7. The first-order valence-corrected chi connectivity index (χ1v) is 10.5. The van der Waals surface area contributed by atoms with Gasteiger partial charge in [-0.15, -0.1) is 11.8 Å². The largest absolute Gasteiger partial charge is 0.448 e. The van der Waals surface area contributed by atoms with Gasteiger partial charge in [0.1, 0.15) is 11.7 Å². The number of carbonyl (C=O) groups excluding carboxylic acids is 2. The molecule has 1 fully saturated rings. The van der Waals surface area contributed by atoms with Crippen molar-refractivity contribution in [1.29, 1.82) is 0 Å². The zero-order valence-corrected chi connectivity index (χ0v) is 18.1. The van der Waals surface area contributed by atoms with Crippen LogP contribution in [0.1, 0.15) is 33.9 Å². The molecule has 0 aliphatic carbocycles. The molecular weight excluding hydrogens is 421 g/mol. The van der Waals surface area contributed by atoms with E-state index < -0.39 is 41.2 Å². The summed E-state index contributed by atoms with van der Waals surface area (Å²) in [5.74, 6) is -1.71. The lowest BCUT2D eigenvalue weighted by atomic mass is 10.2. The molecule has 0 spiro atoms. The Balaban J connectivity index is 2.34. The Kier molecular flexibility index (Phi) is 8.62. The van der Waals surface area contributed by atoms with Crippen LogP contribution in [-0.4, -0.2) is 57.9 Å². The summed E-state index contributed by atoms with van der Waals surface area (Å²) < 4.78 is 31.2. The minimum atomic E-state index is -1.20. The number of amides is 2. The van der Waals surface area contributed by atoms with E-state index >= 15 is 0 Å². The summed E-state index contributed by atoms with van der Waals surface area (Å²) in [6.45, 7) is 6.83. The number of hydrogen-bond donors (Lipinski definition) is 1. The Morgan fingerprint density at radius 1 is 1.30 bits per heavy atom. The monoisotopic (exact) mass is 447 g/mol. The molecule has 1 aromatic heterocycles. The summed E-state index contributed by atoms with van der Waals surface area (Å²) in [6.07, 6.45) is -2.44. The number of rotatable bonds is 7. The average Bonchev–Trinajstić information content (AvgIpc) is 3.16. The number of imide groups is 1. The topological polar surface area (TPSA) is 120 Å². The number of thioether (sulfide) groups is 1. The highest BCUT2D eigenvalue weighted by Crippen LogP contribution is 2.31. The molecular formula is C18H26FN3O7S. The molecule has 0 saturated carbocycles. The van der Waals surface area contributed by atoms with Crippen LogP contribution in [0.2, 0.25) is 0 Å². The third-order valence-corrected chi connectivity index (χ3v) is 4.85. The number of nitrogens with zero attached hydrogens (tertiary/aromatic N) is 3. The van der Waals surface area contributed by atoms with Crippen molar-refractivity contribution >= 4 is 29.8 Å². The molecule has 1 saturated heterocycles. The van der Waals surface area contributed by atoms with Crippen molar-refractivity contribution in [3.05, 3.63) is 22.5 Å². The van der Waals surface area contributed by atoms with E-state index in [0.29, 0.717) is 5.75 Å². The zero-order valence-electron chi connectivity index (χ0n) is 17.2. The third kappa shape index (κ3) is 6.16. The van der Waals surface area contributed by atoms with Crippen LogP contribution in [0, 0.1) is 17.7 Å². The first-order valence-electron chi connectivity index (χ1n) is 9.44. The maximum atomic E-state index is 14.8. The first kappa shape index (κ1) is 24.1. The second-order valence-corrected chi connectivity index (χ2v) is 8.61. The van der Waals surface area contributed by atoms with Gasteiger partial charge in [-0.1, -0.05) is 27.7 Å². The molecule has 0 aromatic carbocycles. The molecule has 1 N–H and O–H groups in total. The number of aliphatic hydroxyl groups excluding tert-OH is 1. The van der Waals surface area contributed by atoms with E-state index in [1.54, 1.807) is 27.7 Å². The highest BCUT2D eigenvalue weighted by molar-refractivity contribution is 8.00. The van der Waals surface area contributed by atoms with Gasteiger partial charge >= 0.3 is 17.9 Å². The molecule has 1 aliphatic heterocycles. The van der Waals surface area contributed by atoms with Crippen LogP contribution in [0.4, 0.5) is 19.8 Å². The average molecular weight is 447 g/mol. The molecule has 1 aromatic rings. The molecule has 2 atom stereocenters. The van der Waals surface area contributed by atoms with Gasteiger partial charge in [-0.25, -0.2) is 18.8 Å². The molecule has 2 rings (SSSR count). The van der Waals surface area contributed by atoms with Gasteiger partial charge in [0, 0.05) is 5.75 Å². The van der Waals surface area contributed by atoms with Crippen molar-refractivity contribution in [2.45, 2.75) is 39.4 Å². The SMILES string of the molecule is CC(C)COC(=O)N(C(=O)OCC(C)C)c1nc(=O)n([C@@H]2CS[C@H](CO)O2)cc1F. The van der Waals surface area contributed by atoms with E-state index in [-0.39, 0.29) is 36.6 Å². The van der Waals surface area contributed by atoms with Crippen LogP contribution < -0.4 is 10.6 Å². The predicted molar refractivity (Wildman–Crippen MR) is 107 cm³/mol. The van der Waals surface area contributed by atoms with E-state index in [4.69, 9.17) is 19.3 Å². The Morgan fingerprint density at radius 2 is 1.87 bits per heavy atom. The van der Waals surface area contributed by atoms with Crippen molar-refractivity contribution in [2.24, 2.45) is 11.8 Å². The number of aliphatic hydroxyl groups is 1. The Morgan fingerprint density at radius 3 is 2.33 bits per heavy atom. The number of aromatic nitrogens is 2. The maximum Gasteiger partial charge on any atom is 0.425 e. The van der Waals surface area contributed by atoms with Crippen molar-refractivity contribution in [3.63, 3.8) is 0 Å². The van der Waals surface area contributed by atoms with E-state index in [9.17, 15) is 18.8 Å². The lowest BCUT2D eigenvalue weighted by Gasteiger charge is -2.21. The van der Waals surface area contributed by atoms with Gasteiger partial charge in [0.05, 0.1) is 26.0 Å². The maximum absolute atomic E-state index is 14.8. The fraction of sp³-hybridized carbons (Fsp3) is 0.667. The molecule has 2 amide bonds. The van der Waals surface area contributed by atoms with Gasteiger partial charge in [0.25, 0.3) is 0 Å². The summed E-state index contributed by atoms with van der Waals surface area (Å²) in [5.41, 5.74) is -1.48. The van der Waals surface area contributed by atoms with Gasteiger partial charge in [-0.3, -0.25) is 4.57 Å². The molecule has 0 unspecified atom stereocenters. The minimum absolute atomic E-state index is 0.0266. The second-order valence-electron chi connectivity index (χ2n) is 7.42. The number of anilines is 1. The summed E-state index contributed by atoms with van der Waals surface area (Å²) in [7, 11) is 0. The summed E-state index contributed by atoms with van der Waals surface area (Å²) in [6, 6.07) is 0. The molecule has 10 nitrogen and oxygen atoms in total. The van der Waals surface area contributed by atoms with Gasteiger partial charge in [0.2, 0.25) is 0 Å². The molecule has 30 heavy (non-hydrogen) atoms. The smallest absolute Gasteiger partial charge is 0.425 e. The van der Waals surface area contributed by atoms with Gasteiger partial charge < -0.3 is 19.3 Å². The second kappa shape index (κ2) is 10.7. The molecule has 0 bridgehead atoms. The highest BCUT2D eigenvalue weighted by Gasteiger charge is 2.34. The molecule has 12 heteroatoms. The third-order valence-electron chi connectivity index (χ3n) is 3.74. The molecule has 1 aliphatic rings. The Bertz CT molecular complexity index is 793. The molecule has 2 heterocycles. The van der Waals surface area contributed by atoms with Gasteiger partial charge in [0.15, 0.2) is 11.6 Å². The summed E-state index contributed by atoms with van der Waals surface area (Å²) >= 11 is 1.26. The number of hydrogen-bond acceptors (Lipinski definition) is 9. The van der Waals surface area contributed by atoms with Crippen LogP contribution in [-0.2, 0) is 14.2 Å². The van der Waals surface area contributed by atoms with Crippen molar-refractivity contribution in [1.82, 2.24) is 9.55 Å². The summed E-state index contributed by atoms with van der Waals surface area (Å²) in [4.78, 5) is 41.2. The Hall–Kier alpha value is -2.18. The van der Waals surface area contributed by atoms with Gasteiger partial charge in [-0.2, -0.15) is 9.88 Å². The van der Waals surface area contributed by atoms with Crippen LogP contribution >= 0.6 is 11.8 Å². The quantitative estimate of drug-likeness (QED) is 0.671. The zero-order chi connectivity index (χ0) is 22.4. The van der Waals surface area contributed by atoms with Crippen LogP contribution in [0.15, 0.2) is 11.0 Å². The number of ether oxygens (including phenoxy) is 3. The fourth-order valence-corrected chi connectivity index (χ4v) is 3.27. The van der Waals surface area contributed by atoms with Crippen LogP contribution in [0.3, 0.4) is 0 Å². The van der Waals surface area contributed by atoms with E-state index in [1.165, 1.54) is 11.8 Å². The van der Waals surface area contributed by atoms with E-state index in [0.717, 1.165) is 10.8 Å². The summed E-state index contributed by atoms with van der Waals surface area (Å²) in [5, 5.41) is 9.14. The molecule has 0 radical (unpaired) electrons. The van der Waals surface area contributed by atoms with Crippen LogP contribution in [0.5, 0.6) is 0 Å².